The molecule has 0 bridgehead atoms. The summed E-state index contributed by atoms with van der Waals surface area (Å²) in [6.07, 6.45) is 0.559. The highest BCUT2D eigenvalue weighted by molar-refractivity contribution is 5.52. The van der Waals surface area contributed by atoms with E-state index in [0.29, 0.717) is 6.42 Å². The molecule has 1 aromatic carbocycles. The van der Waals surface area contributed by atoms with E-state index in [4.69, 9.17) is 10.2 Å². The van der Waals surface area contributed by atoms with Gasteiger partial charge in [0, 0.05) is 12.3 Å². The molecule has 3 N–H and O–H groups in total. The minimum Gasteiger partial charge on any atom is -0.396 e. The van der Waals surface area contributed by atoms with E-state index in [1.807, 2.05) is 26.0 Å². The molecule has 1 rings (SSSR count). The molecule has 0 aliphatic rings. The van der Waals surface area contributed by atoms with Crippen molar-refractivity contribution in [2.45, 2.75) is 26.3 Å². The van der Waals surface area contributed by atoms with Crippen molar-refractivity contribution in [2.24, 2.45) is 0 Å². The Labute approximate surface area is 90.8 Å². The van der Waals surface area contributed by atoms with E-state index >= 15 is 0 Å². The largest absolute Gasteiger partial charge is 0.396 e. The molecule has 0 aliphatic carbocycles. The Kier molecular flexibility index (Phi) is 4.59. The fraction of sp³-hybridized carbons (Fsp3) is 0.500. The maximum Gasteiger partial charge on any atom is 0.0633 e. The van der Waals surface area contributed by atoms with E-state index in [9.17, 15) is 0 Å². The lowest BCUT2D eigenvalue weighted by atomic mass is 10.1. The second-order valence-corrected chi connectivity index (χ2v) is 3.85. The first-order valence-electron chi connectivity index (χ1n) is 5.23. The second kappa shape index (κ2) is 5.73. The molecule has 1 aromatic rings. The number of aliphatic hydroxyl groups is 2. The maximum absolute atomic E-state index is 9.09. The van der Waals surface area contributed by atoms with Crippen LogP contribution in [-0.2, 0) is 0 Å². The van der Waals surface area contributed by atoms with Gasteiger partial charge in [-0.1, -0.05) is 17.7 Å². The number of aryl methyl sites for hydroxylation is 2. The Morgan fingerprint density at radius 3 is 2.53 bits per heavy atom. The van der Waals surface area contributed by atoms with Gasteiger partial charge in [-0.15, -0.1) is 0 Å². The molecule has 3 heteroatoms. The predicted molar refractivity (Wildman–Crippen MR) is 62.1 cm³/mol. The molecule has 3 nitrogen and oxygen atoms in total. The quantitative estimate of drug-likeness (QED) is 0.688. The molecule has 0 fully saturated rings. The number of anilines is 1. The van der Waals surface area contributed by atoms with Gasteiger partial charge in [0.05, 0.1) is 12.6 Å². The van der Waals surface area contributed by atoms with Crippen molar-refractivity contribution in [2.75, 3.05) is 18.5 Å². The molecule has 15 heavy (non-hydrogen) atoms. The first-order chi connectivity index (χ1) is 7.17. The van der Waals surface area contributed by atoms with Crippen LogP contribution in [0.15, 0.2) is 18.2 Å². The van der Waals surface area contributed by atoms with Crippen LogP contribution < -0.4 is 5.32 Å². The van der Waals surface area contributed by atoms with Gasteiger partial charge >= 0.3 is 0 Å². The molecule has 1 unspecified atom stereocenters. The van der Waals surface area contributed by atoms with Crippen molar-refractivity contribution in [1.82, 2.24) is 0 Å². The highest BCUT2D eigenvalue weighted by Gasteiger charge is 2.07. The Morgan fingerprint density at radius 2 is 2.00 bits per heavy atom. The average molecular weight is 209 g/mol. The van der Waals surface area contributed by atoms with Crippen LogP contribution in [0.5, 0.6) is 0 Å². The standard InChI is InChI=1S/C12H19NO2/c1-9-3-4-12(10(2)7-9)13-11(8-15)5-6-14/h3-4,7,11,13-15H,5-6,8H2,1-2H3. The summed E-state index contributed by atoms with van der Waals surface area (Å²) < 4.78 is 0. The summed E-state index contributed by atoms with van der Waals surface area (Å²) >= 11 is 0. The summed E-state index contributed by atoms with van der Waals surface area (Å²) in [5.74, 6) is 0. The van der Waals surface area contributed by atoms with E-state index in [2.05, 4.69) is 11.4 Å². The summed E-state index contributed by atoms with van der Waals surface area (Å²) in [6.45, 7) is 4.20. The van der Waals surface area contributed by atoms with Crippen LogP contribution in [-0.4, -0.2) is 29.5 Å². The van der Waals surface area contributed by atoms with Crippen molar-refractivity contribution in [3.8, 4) is 0 Å². The molecule has 0 saturated heterocycles. The van der Waals surface area contributed by atoms with Gasteiger partial charge in [-0.25, -0.2) is 0 Å². The molecule has 0 heterocycles. The van der Waals surface area contributed by atoms with Crippen LogP contribution in [0, 0.1) is 13.8 Å². The van der Waals surface area contributed by atoms with Crippen LogP contribution in [0.3, 0.4) is 0 Å². The molecule has 0 aliphatic heterocycles. The molecule has 0 amide bonds. The number of nitrogens with one attached hydrogen (secondary N) is 1. The van der Waals surface area contributed by atoms with Gasteiger partial charge in [-0.05, 0) is 31.9 Å². The highest BCUT2D eigenvalue weighted by atomic mass is 16.3. The fourth-order valence-electron chi connectivity index (χ4n) is 1.56. The van der Waals surface area contributed by atoms with Crippen molar-refractivity contribution < 1.29 is 10.2 Å². The lowest BCUT2D eigenvalue weighted by molar-refractivity contribution is 0.229. The molecular formula is C12H19NO2. The average Bonchev–Trinajstić information content (AvgIpc) is 2.21. The van der Waals surface area contributed by atoms with Gasteiger partial charge in [-0.2, -0.15) is 0 Å². The molecule has 0 saturated carbocycles. The topological polar surface area (TPSA) is 52.5 Å². The summed E-state index contributed by atoms with van der Waals surface area (Å²) in [7, 11) is 0. The van der Waals surface area contributed by atoms with E-state index in [1.54, 1.807) is 0 Å². The number of aliphatic hydroxyl groups excluding tert-OH is 2. The Morgan fingerprint density at radius 1 is 1.27 bits per heavy atom. The van der Waals surface area contributed by atoms with Crippen molar-refractivity contribution >= 4 is 5.69 Å². The number of hydrogen-bond acceptors (Lipinski definition) is 3. The van der Waals surface area contributed by atoms with Gasteiger partial charge < -0.3 is 15.5 Å². The molecule has 84 valence electrons. The lowest BCUT2D eigenvalue weighted by Crippen LogP contribution is -2.25. The normalized spacial score (nSPS) is 12.5. The third kappa shape index (κ3) is 3.53. The van der Waals surface area contributed by atoms with E-state index in [-0.39, 0.29) is 19.3 Å². The Hall–Kier alpha value is -1.06. The number of benzene rings is 1. The molecule has 0 spiro atoms. The highest BCUT2D eigenvalue weighted by Crippen LogP contribution is 2.17. The van der Waals surface area contributed by atoms with Crippen molar-refractivity contribution in [3.63, 3.8) is 0 Å². The van der Waals surface area contributed by atoms with Gasteiger partial charge in [0.2, 0.25) is 0 Å². The molecule has 0 radical (unpaired) electrons. The zero-order chi connectivity index (χ0) is 11.3. The van der Waals surface area contributed by atoms with Crippen LogP contribution in [0.25, 0.3) is 0 Å². The summed E-state index contributed by atoms with van der Waals surface area (Å²) in [5, 5.41) is 21.1. The molecule has 0 aromatic heterocycles. The SMILES string of the molecule is Cc1ccc(NC(CO)CCO)c(C)c1. The van der Waals surface area contributed by atoms with Crippen molar-refractivity contribution in [3.05, 3.63) is 29.3 Å². The third-order valence-corrected chi connectivity index (χ3v) is 2.44. The Balaban J connectivity index is 2.70. The smallest absolute Gasteiger partial charge is 0.0633 e. The summed E-state index contributed by atoms with van der Waals surface area (Å²) in [4.78, 5) is 0. The van der Waals surface area contributed by atoms with E-state index in [1.165, 1.54) is 5.56 Å². The molecule has 1 atom stereocenters. The zero-order valence-electron chi connectivity index (χ0n) is 9.33. The maximum atomic E-state index is 9.09. The first kappa shape index (κ1) is 12.0. The predicted octanol–water partition coefficient (Wildman–Crippen LogP) is 1.46. The lowest BCUT2D eigenvalue weighted by Gasteiger charge is -2.18. The molecular weight excluding hydrogens is 190 g/mol. The van der Waals surface area contributed by atoms with Gasteiger partial charge in [0.25, 0.3) is 0 Å². The second-order valence-electron chi connectivity index (χ2n) is 3.85. The first-order valence-corrected chi connectivity index (χ1v) is 5.23. The fourth-order valence-corrected chi connectivity index (χ4v) is 1.56. The summed E-state index contributed by atoms with van der Waals surface area (Å²) in [5.41, 5.74) is 3.40. The minimum absolute atomic E-state index is 0.0356. The van der Waals surface area contributed by atoms with Gasteiger partial charge in [0.15, 0.2) is 0 Å². The van der Waals surface area contributed by atoms with Gasteiger partial charge in [-0.3, -0.25) is 0 Å². The van der Waals surface area contributed by atoms with Crippen LogP contribution >= 0.6 is 0 Å². The number of rotatable bonds is 5. The summed E-state index contributed by atoms with van der Waals surface area (Å²) in [6, 6.07) is 6.06. The zero-order valence-corrected chi connectivity index (χ0v) is 9.33. The van der Waals surface area contributed by atoms with Gasteiger partial charge in [0.1, 0.15) is 0 Å². The van der Waals surface area contributed by atoms with E-state index in [0.717, 1.165) is 11.3 Å². The number of hydrogen-bond donors (Lipinski definition) is 3. The Bertz CT molecular complexity index is 312. The van der Waals surface area contributed by atoms with E-state index < -0.39 is 0 Å². The minimum atomic E-state index is -0.0728. The van der Waals surface area contributed by atoms with Crippen LogP contribution in [0.4, 0.5) is 5.69 Å². The third-order valence-electron chi connectivity index (χ3n) is 2.44. The van der Waals surface area contributed by atoms with Crippen LogP contribution in [0.1, 0.15) is 17.5 Å². The monoisotopic (exact) mass is 209 g/mol. The van der Waals surface area contributed by atoms with Crippen LogP contribution in [0.2, 0.25) is 0 Å². The van der Waals surface area contributed by atoms with Crippen molar-refractivity contribution in [1.29, 1.82) is 0 Å².